The van der Waals surface area contributed by atoms with Crippen molar-refractivity contribution in [3.63, 3.8) is 0 Å². The summed E-state index contributed by atoms with van der Waals surface area (Å²) in [6.07, 6.45) is 2.48. The lowest BCUT2D eigenvalue weighted by molar-refractivity contribution is -0.136. The Morgan fingerprint density at radius 3 is 2.84 bits per heavy atom. The standard InChI is InChI=1S/C14H23N3O2/c1-9-5-4-6-17(13(9)8-18)14(19)7-12-10(2)15-16-11(12)3/h9,13,18H,4-8H2,1-3H3,(H,15,16). The highest BCUT2D eigenvalue weighted by Gasteiger charge is 2.31. The maximum atomic E-state index is 12.5. The summed E-state index contributed by atoms with van der Waals surface area (Å²) in [4.78, 5) is 14.3. The summed E-state index contributed by atoms with van der Waals surface area (Å²) < 4.78 is 0. The number of aliphatic hydroxyl groups excluding tert-OH is 1. The quantitative estimate of drug-likeness (QED) is 0.862. The molecule has 2 N–H and O–H groups in total. The second-order valence-corrected chi connectivity index (χ2v) is 5.55. The van der Waals surface area contributed by atoms with Gasteiger partial charge in [-0.2, -0.15) is 5.10 Å². The highest BCUT2D eigenvalue weighted by atomic mass is 16.3. The number of H-pyrrole nitrogens is 1. The molecule has 0 aliphatic carbocycles. The molecular formula is C14H23N3O2. The van der Waals surface area contributed by atoms with E-state index in [0.717, 1.165) is 36.3 Å². The number of aromatic nitrogens is 2. The fourth-order valence-corrected chi connectivity index (χ4v) is 2.92. The number of carbonyl (C=O) groups excluding carboxylic acids is 1. The van der Waals surface area contributed by atoms with Crippen LogP contribution in [-0.4, -0.2) is 45.3 Å². The molecule has 1 aromatic rings. The average Bonchev–Trinajstić information content (AvgIpc) is 2.70. The molecule has 0 radical (unpaired) electrons. The number of aliphatic hydroxyl groups is 1. The molecule has 19 heavy (non-hydrogen) atoms. The molecule has 1 aromatic heterocycles. The Kier molecular flexibility index (Phi) is 4.24. The second kappa shape index (κ2) is 5.74. The molecule has 0 aromatic carbocycles. The van der Waals surface area contributed by atoms with Crippen LogP contribution in [0, 0.1) is 19.8 Å². The van der Waals surface area contributed by atoms with Gasteiger partial charge >= 0.3 is 0 Å². The minimum atomic E-state index is -0.0336. The molecule has 2 rings (SSSR count). The van der Waals surface area contributed by atoms with E-state index in [2.05, 4.69) is 17.1 Å². The van der Waals surface area contributed by atoms with E-state index in [1.807, 2.05) is 18.7 Å². The Hall–Kier alpha value is -1.36. The number of amides is 1. The van der Waals surface area contributed by atoms with Gasteiger partial charge in [0.1, 0.15) is 0 Å². The van der Waals surface area contributed by atoms with Crippen LogP contribution in [0.5, 0.6) is 0 Å². The lowest BCUT2D eigenvalue weighted by Gasteiger charge is -2.39. The van der Waals surface area contributed by atoms with Crippen molar-refractivity contribution >= 4 is 5.91 Å². The van der Waals surface area contributed by atoms with Crippen LogP contribution in [0.4, 0.5) is 0 Å². The molecule has 2 unspecified atom stereocenters. The number of aromatic amines is 1. The zero-order valence-electron chi connectivity index (χ0n) is 11.9. The van der Waals surface area contributed by atoms with E-state index in [-0.39, 0.29) is 18.6 Å². The molecule has 2 atom stereocenters. The number of hydrogen-bond acceptors (Lipinski definition) is 3. The molecule has 0 saturated carbocycles. The van der Waals surface area contributed by atoms with Gasteiger partial charge in [0, 0.05) is 17.8 Å². The molecule has 1 aliphatic heterocycles. The molecule has 5 nitrogen and oxygen atoms in total. The van der Waals surface area contributed by atoms with E-state index in [4.69, 9.17) is 0 Å². The summed E-state index contributed by atoms with van der Waals surface area (Å²) in [7, 11) is 0. The summed E-state index contributed by atoms with van der Waals surface area (Å²) in [6, 6.07) is -0.0336. The van der Waals surface area contributed by atoms with Crippen molar-refractivity contribution in [2.75, 3.05) is 13.2 Å². The predicted molar refractivity (Wildman–Crippen MR) is 72.8 cm³/mol. The zero-order chi connectivity index (χ0) is 14.0. The van der Waals surface area contributed by atoms with Gasteiger partial charge in [-0.15, -0.1) is 0 Å². The molecule has 5 heteroatoms. The lowest BCUT2D eigenvalue weighted by Crippen LogP contribution is -2.50. The molecule has 0 bridgehead atoms. The topological polar surface area (TPSA) is 69.2 Å². The number of aryl methyl sites for hydroxylation is 2. The first-order valence-electron chi connectivity index (χ1n) is 6.95. The minimum absolute atomic E-state index is 0.0336. The summed E-state index contributed by atoms with van der Waals surface area (Å²) >= 11 is 0. The number of nitrogens with zero attached hydrogens (tertiary/aromatic N) is 2. The summed E-state index contributed by atoms with van der Waals surface area (Å²) in [6.45, 7) is 6.76. The van der Waals surface area contributed by atoms with E-state index in [1.54, 1.807) is 0 Å². The van der Waals surface area contributed by atoms with Crippen LogP contribution in [-0.2, 0) is 11.2 Å². The molecule has 1 fully saturated rings. The predicted octanol–water partition coefficient (Wildman–Crippen LogP) is 1.19. The molecule has 2 heterocycles. The van der Waals surface area contributed by atoms with Crippen LogP contribution >= 0.6 is 0 Å². The van der Waals surface area contributed by atoms with Gasteiger partial charge in [-0.3, -0.25) is 9.89 Å². The van der Waals surface area contributed by atoms with Crippen molar-refractivity contribution in [3.8, 4) is 0 Å². The van der Waals surface area contributed by atoms with Crippen molar-refractivity contribution in [1.29, 1.82) is 0 Å². The number of piperidine rings is 1. The van der Waals surface area contributed by atoms with E-state index in [9.17, 15) is 9.90 Å². The van der Waals surface area contributed by atoms with Gasteiger partial charge in [-0.25, -0.2) is 0 Å². The van der Waals surface area contributed by atoms with Crippen molar-refractivity contribution in [1.82, 2.24) is 15.1 Å². The van der Waals surface area contributed by atoms with E-state index in [0.29, 0.717) is 12.3 Å². The Morgan fingerprint density at radius 1 is 1.53 bits per heavy atom. The Labute approximate surface area is 114 Å². The summed E-state index contributed by atoms with van der Waals surface area (Å²) in [5.41, 5.74) is 2.83. The van der Waals surface area contributed by atoms with Crippen molar-refractivity contribution in [2.24, 2.45) is 5.92 Å². The van der Waals surface area contributed by atoms with Crippen LogP contribution in [0.2, 0.25) is 0 Å². The first kappa shape index (κ1) is 14.1. The van der Waals surface area contributed by atoms with Crippen LogP contribution in [0.25, 0.3) is 0 Å². The first-order chi connectivity index (χ1) is 9.04. The Bertz CT molecular complexity index is 436. The van der Waals surface area contributed by atoms with Gasteiger partial charge in [0.2, 0.25) is 5.91 Å². The van der Waals surface area contributed by atoms with Crippen LogP contribution in [0.3, 0.4) is 0 Å². The molecule has 106 valence electrons. The SMILES string of the molecule is Cc1n[nH]c(C)c1CC(=O)N1CCCC(C)C1CO. The van der Waals surface area contributed by atoms with E-state index >= 15 is 0 Å². The first-order valence-corrected chi connectivity index (χ1v) is 6.95. The fraction of sp³-hybridized carbons (Fsp3) is 0.714. The van der Waals surface area contributed by atoms with Crippen LogP contribution in [0.1, 0.15) is 36.7 Å². The number of hydrogen-bond donors (Lipinski definition) is 2. The van der Waals surface area contributed by atoms with E-state index in [1.165, 1.54) is 0 Å². The zero-order valence-corrected chi connectivity index (χ0v) is 11.9. The molecule has 1 amide bonds. The Morgan fingerprint density at radius 2 is 2.26 bits per heavy atom. The number of rotatable bonds is 3. The smallest absolute Gasteiger partial charge is 0.227 e. The van der Waals surface area contributed by atoms with Gasteiger partial charge in [-0.05, 0) is 32.6 Å². The van der Waals surface area contributed by atoms with E-state index < -0.39 is 0 Å². The maximum Gasteiger partial charge on any atom is 0.227 e. The number of likely N-dealkylation sites (tertiary alicyclic amines) is 1. The highest BCUT2D eigenvalue weighted by Crippen LogP contribution is 2.24. The summed E-state index contributed by atoms with van der Waals surface area (Å²) in [5.74, 6) is 0.465. The highest BCUT2D eigenvalue weighted by molar-refractivity contribution is 5.79. The number of nitrogens with one attached hydrogen (secondary N) is 1. The third-order valence-electron chi connectivity index (χ3n) is 4.23. The maximum absolute atomic E-state index is 12.5. The third-order valence-corrected chi connectivity index (χ3v) is 4.23. The molecular weight excluding hydrogens is 242 g/mol. The number of carbonyl (C=O) groups is 1. The molecule has 1 saturated heterocycles. The van der Waals surface area contributed by atoms with Gasteiger partial charge < -0.3 is 10.0 Å². The minimum Gasteiger partial charge on any atom is -0.394 e. The largest absolute Gasteiger partial charge is 0.394 e. The van der Waals surface area contributed by atoms with Crippen LogP contribution in [0.15, 0.2) is 0 Å². The van der Waals surface area contributed by atoms with Crippen molar-refractivity contribution in [2.45, 2.75) is 46.1 Å². The summed E-state index contributed by atoms with van der Waals surface area (Å²) in [5, 5.41) is 16.5. The molecule has 0 spiro atoms. The third kappa shape index (κ3) is 2.81. The van der Waals surface area contributed by atoms with Crippen LogP contribution < -0.4 is 0 Å². The van der Waals surface area contributed by atoms with Gasteiger partial charge in [0.05, 0.1) is 24.8 Å². The van der Waals surface area contributed by atoms with Gasteiger partial charge in [0.25, 0.3) is 0 Å². The van der Waals surface area contributed by atoms with Crippen molar-refractivity contribution in [3.05, 3.63) is 17.0 Å². The molecule has 1 aliphatic rings. The van der Waals surface area contributed by atoms with Gasteiger partial charge in [0.15, 0.2) is 0 Å². The van der Waals surface area contributed by atoms with Crippen molar-refractivity contribution < 1.29 is 9.90 Å². The normalized spacial score (nSPS) is 23.7. The average molecular weight is 265 g/mol. The Balaban J connectivity index is 2.10. The lowest BCUT2D eigenvalue weighted by atomic mass is 9.90. The fourth-order valence-electron chi connectivity index (χ4n) is 2.92. The monoisotopic (exact) mass is 265 g/mol. The van der Waals surface area contributed by atoms with Gasteiger partial charge in [-0.1, -0.05) is 6.92 Å². The second-order valence-electron chi connectivity index (χ2n) is 5.55.